The van der Waals surface area contributed by atoms with Crippen molar-refractivity contribution in [2.24, 2.45) is 5.41 Å². The Morgan fingerprint density at radius 2 is 1.75 bits per heavy atom. The van der Waals surface area contributed by atoms with Gasteiger partial charge in [-0.15, -0.1) is 0 Å². The van der Waals surface area contributed by atoms with Crippen molar-refractivity contribution in [1.82, 2.24) is 0 Å². The van der Waals surface area contributed by atoms with Crippen LogP contribution >= 0.6 is 0 Å². The summed E-state index contributed by atoms with van der Waals surface area (Å²) in [6.45, 7) is 6.67. The predicted molar refractivity (Wildman–Crippen MR) is 67.5 cm³/mol. The minimum atomic E-state index is -0.294. The van der Waals surface area contributed by atoms with E-state index in [1.165, 1.54) is 19.3 Å². The first kappa shape index (κ1) is 14.0. The van der Waals surface area contributed by atoms with Gasteiger partial charge in [0.15, 0.2) is 0 Å². The highest BCUT2D eigenvalue weighted by Gasteiger charge is 2.39. The van der Waals surface area contributed by atoms with Gasteiger partial charge in [0.25, 0.3) is 0 Å². The number of hydrogen-bond donors (Lipinski definition) is 1. The largest absolute Gasteiger partial charge is 0.390 e. The van der Waals surface area contributed by atoms with Crippen LogP contribution in [0.1, 0.15) is 65.7 Å². The third-order valence-corrected chi connectivity index (χ3v) is 3.88. The molecule has 96 valence electrons. The molecule has 1 saturated carbocycles. The Balaban J connectivity index is 2.51. The van der Waals surface area contributed by atoms with E-state index < -0.39 is 0 Å². The second-order valence-electron chi connectivity index (χ2n) is 6.44. The third-order valence-electron chi connectivity index (χ3n) is 3.88. The topological polar surface area (TPSA) is 29.5 Å². The normalized spacial score (nSPS) is 23.1. The minimum absolute atomic E-state index is 0.247. The lowest BCUT2D eigenvalue weighted by atomic mass is 9.77. The Hall–Kier alpha value is -0.0800. The number of ether oxygens (including phenoxy) is 1. The van der Waals surface area contributed by atoms with E-state index in [1.54, 1.807) is 7.11 Å². The van der Waals surface area contributed by atoms with Gasteiger partial charge in [-0.25, -0.2) is 0 Å². The van der Waals surface area contributed by atoms with Crippen molar-refractivity contribution < 1.29 is 9.84 Å². The van der Waals surface area contributed by atoms with Crippen LogP contribution in [0.5, 0.6) is 0 Å². The molecule has 1 N–H and O–H groups in total. The molecule has 0 saturated heterocycles. The highest BCUT2D eigenvalue weighted by Crippen LogP contribution is 2.36. The van der Waals surface area contributed by atoms with Crippen molar-refractivity contribution in [3.63, 3.8) is 0 Å². The summed E-state index contributed by atoms with van der Waals surface area (Å²) in [4.78, 5) is 0. The van der Waals surface area contributed by atoms with Crippen LogP contribution in [0.2, 0.25) is 0 Å². The molecule has 2 nitrogen and oxygen atoms in total. The van der Waals surface area contributed by atoms with Crippen molar-refractivity contribution in [1.29, 1.82) is 0 Å². The van der Waals surface area contributed by atoms with Crippen LogP contribution in [0.15, 0.2) is 0 Å². The highest BCUT2D eigenvalue weighted by molar-refractivity contribution is 4.91. The Morgan fingerprint density at radius 3 is 2.19 bits per heavy atom. The molecule has 0 amide bonds. The lowest BCUT2D eigenvalue weighted by Gasteiger charge is -2.40. The second kappa shape index (κ2) is 5.50. The molecular weight excluding hydrogens is 200 g/mol. The summed E-state index contributed by atoms with van der Waals surface area (Å²) in [5.41, 5.74) is 0.0497. The zero-order valence-electron chi connectivity index (χ0n) is 11.4. The lowest BCUT2D eigenvalue weighted by molar-refractivity contribution is -0.127. The van der Waals surface area contributed by atoms with E-state index in [1.807, 2.05) is 0 Å². The molecule has 1 atom stereocenters. The molecule has 1 aliphatic rings. The van der Waals surface area contributed by atoms with E-state index in [0.29, 0.717) is 5.41 Å². The van der Waals surface area contributed by atoms with Gasteiger partial charge in [-0.2, -0.15) is 0 Å². The molecule has 0 aromatic carbocycles. The van der Waals surface area contributed by atoms with Crippen LogP contribution in [0.3, 0.4) is 0 Å². The number of rotatable bonds is 4. The Bertz CT molecular complexity index is 199. The fourth-order valence-electron chi connectivity index (χ4n) is 2.66. The Morgan fingerprint density at radius 1 is 1.19 bits per heavy atom. The zero-order chi connectivity index (χ0) is 12.2. The molecule has 1 rings (SSSR count). The van der Waals surface area contributed by atoms with E-state index in [9.17, 15) is 5.11 Å². The van der Waals surface area contributed by atoms with Crippen molar-refractivity contribution in [2.75, 3.05) is 7.11 Å². The fraction of sp³-hybridized carbons (Fsp3) is 1.00. The summed E-state index contributed by atoms with van der Waals surface area (Å²) in [6, 6.07) is 0. The van der Waals surface area contributed by atoms with Crippen LogP contribution in [-0.4, -0.2) is 23.9 Å². The number of methoxy groups -OCH3 is 1. The first-order valence-electron chi connectivity index (χ1n) is 6.63. The van der Waals surface area contributed by atoms with Gasteiger partial charge < -0.3 is 9.84 Å². The molecule has 2 heteroatoms. The summed E-state index contributed by atoms with van der Waals surface area (Å²) in [5, 5.41) is 10.4. The maximum atomic E-state index is 10.4. The van der Waals surface area contributed by atoms with Crippen LogP contribution in [0.4, 0.5) is 0 Å². The van der Waals surface area contributed by atoms with Gasteiger partial charge in [0.05, 0.1) is 11.7 Å². The monoisotopic (exact) mass is 228 g/mol. The third kappa shape index (κ3) is 3.74. The molecule has 0 bridgehead atoms. The number of hydrogen-bond acceptors (Lipinski definition) is 2. The molecule has 0 radical (unpaired) electrons. The minimum Gasteiger partial charge on any atom is -0.390 e. The van der Waals surface area contributed by atoms with Crippen molar-refractivity contribution in [2.45, 2.75) is 77.4 Å². The van der Waals surface area contributed by atoms with Crippen LogP contribution in [0.25, 0.3) is 0 Å². The van der Waals surface area contributed by atoms with Crippen molar-refractivity contribution in [3.05, 3.63) is 0 Å². The van der Waals surface area contributed by atoms with Crippen molar-refractivity contribution in [3.8, 4) is 0 Å². The molecule has 0 aromatic heterocycles. The van der Waals surface area contributed by atoms with Gasteiger partial charge in [-0.05, 0) is 31.1 Å². The molecule has 1 fully saturated rings. The molecule has 1 aliphatic carbocycles. The van der Waals surface area contributed by atoms with Crippen LogP contribution in [0, 0.1) is 5.41 Å². The van der Waals surface area contributed by atoms with Gasteiger partial charge in [0.1, 0.15) is 0 Å². The average Bonchev–Trinajstić information content (AvgIpc) is 2.25. The van der Waals surface area contributed by atoms with Crippen LogP contribution < -0.4 is 0 Å². The first-order valence-corrected chi connectivity index (χ1v) is 6.63. The first-order chi connectivity index (χ1) is 7.40. The summed E-state index contributed by atoms with van der Waals surface area (Å²) in [5.74, 6) is 0. The zero-order valence-corrected chi connectivity index (χ0v) is 11.4. The molecule has 16 heavy (non-hydrogen) atoms. The van der Waals surface area contributed by atoms with Gasteiger partial charge >= 0.3 is 0 Å². The van der Waals surface area contributed by atoms with Crippen molar-refractivity contribution >= 4 is 0 Å². The van der Waals surface area contributed by atoms with Crippen LogP contribution in [-0.2, 0) is 4.74 Å². The summed E-state index contributed by atoms with van der Waals surface area (Å²) >= 11 is 0. The molecule has 0 aliphatic heterocycles. The summed E-state index contributed by atoms with van der Waals surface area (Å²) in [7, 11) is 1.76. The molecule has 1 unspecified atom stereocenters. The fourth-order valence-corrected chi connectivity index (χ4v) is 2.66. The maximum absolute atomic E-state index is 10.4. The van der Waals surface area contributed by atoms with E-state index in [-0.39, 0.29) is 11.7 Å². The Labute approximate surface area is 100 Å². The number of aliphatic hydroxyl groups is 1. The molecule has 0 heterocycles. The highest BCUT2D eigenvalue weighted by atomic mass is 16.5. The molecular formula is C14H28O2. The summed E-state index contributed by atoms with van der Waals surface area (Å²) < 4.78 is 5.66. The molecule has 0 spiro atoms. The lowest BCUT2D eigenvalue weighted by Crippen LogP contribution is -2.46. The standard InChI is InChI=1S/C14H28O2/c1-13(2,3)11-8-12(15)14(16-4)9-6-5-7-10-14/h12,15H,5-11H2,1-4H3. The van der Waals surface area contributed by atoms with Gasteiger partial charge in [0.2, 0.25) is 0 Å². The SMILES string of the molecule is COC1(C(O)CCC(C)(C)C)CCCCC1. The number of aliphatic hydroxyl groups excluding tert-OH is 1. The van der Waals surface area contributed by atoms with E-state index in [4.69, 9.17) is 4.74 Å². The Kier molecular flexibility index (Phi) is 4.81. The van der Waals surface area contributed by atoms with E-state index >= 15 is 0 Å². The summed E-state index contributed by atoms with van der Waals surface area (Å²) in [6.07, 6.45) is 7.34. The van der Waals surface area contributed by atoms with Gasteiger partial charge in [-0.1, -0.05) is 40.0 Å². The van der Waals surface area contributed by atoms with Gasteiger partial charge in [0, 0.05) is 7.11 Å². The maximum Gasteiger partial charge on any atom is 0.0936 e. The second-order valence-corrected chi connectivity index (χ2v) is 6.44. The van der Waals surface area contributed by atoms with E-state index in [2.05, 4.69) is 20.8 Å². The average molecular weight is 228 g/mol. The quantitative estimate of drug-likeness (QED) is 0.797. The van der Waals surface area contributed by atoms with Gasteiger partial charge in [-0.3, -0.25) is 0 Å². The molecule has 0 aromatic rings. The smallest absolute Gasteiger partial charge is 0.0936 e. The predicted octanol–water partition coefficient (Wildman–Crippen LogP) is 3.52. The van der Waals surface area contributed by atoms with E-state index in [0.717, 1.165) is 25.7 Å².